The molecule has 0 spiro atoms. The van der Waals surface area contributed by atoms with Crippen LogP contribution in [0.15, 0.2) is 54.6 Å². The molecule has 0 amide bonds. The molecule has 1 aromatic heterocycles. The lowest BCUT2D eigenvalue weighted by molar-refractivity contribution is -0.231. The van der Waals surface area contributed by atoms with Crippen molar-refractivity contribution in [2.45, 2.75) is 36.9 Å². The standard InChI is InChI=1S/C21H22O5S/c22-11-16-18(23)19(24)20(25)21(26-16)14-6-3-4-12(8-14)9-15-10-13-5-1-2-7-17(13)27-15/h1-8,10,16,18-25H,9,11H2/t16-,18-,19+,20-,21+/m1/s1. The Morgan fingerprint density at radius 2 is 1.70 bits per heavy atom. The van der Waals surface area contributed by atoms with Gasteiger partial charge in [-0.3, -0.25) is 0 Å². The molecule has 1 aliphatic rings. The van der Waals surface area contributed by atoms with Crippen molar-refractivity contribution in [1.29, 1.82) is 0 Å². The second-order valence-electron chi connectivity index (χ2n) is 6.92. The lowest BCUT2D eigenvalue weighted by Gasteiger charge is -2.40. The summed E-state index contributed by atoms with van der Waals surface area (Å²) in [6.45, 7) is -0.428. The maximum absolute atomic E-state index is 10.3. The summed E-state index contributed by atoms with van der Waals surface area (Å²) in [5.41, 5.74) is 1.78. The van der Waals surface area contributed by atoms with Gasteiger partial charge >= 0.3 is 0 Å². The number of benzene rings is 2. The summed E-state index contributed by atoms with van der Waals surface area (Å²) < 4.78 is 6.91. The van der Waals surface area contributed by atoms with E-state index in [-0.39, 0.29) is 0 Å². The highest BCUT2D eigenvalue weighted by Crippen LogP contribution is 2.33. The van der Waals surface area contributed by atoms with Gasteiger partial charge in [-0.25, -0.2) is 0 Å². The van der Waals surface area contributed by atoms with Gasteiger partial charge in [0, 0.05) is 16.0 Å². The minimum Gasteiger partial charge on any atom is -0.394 e. The average Bonchev–Trinajstić information content (AvgIpc) is 3.09. The van der Waals surface area contributed by atoms with Gasteiger partial charge in [-0.05, 0) is 28.6 Å². The number of hydrogen-bond donors (Lipinski definition) is 4. The molecule has 4 N–H and O–H groups in total. The van der Waals surface area contributed by atoms with Gasteiger partial charge in [-0.1, -0.05) is 42.5 Å². The second-order valence-corrected chi connectivity index (χ2v) is 8.09. The Hall–Kier alpha value is -1.80. The molecule has 6 heteroatoms. The molecule has 2 aromatic carbocycles. The molecule has 5 nitrogen and oxygen atoms in total. The van der Waals surface area contributed by atoms with E-state index in [9.17, 15) is 20.4 Å². The summed E-state index contributed by atoms with van der Waals surface area (Å²) in [5, 5.41) is 40.9. The van der Waals surface area contributed by atoms with E-state index in [2.05, 4.69) is 18.2 Å². The van der Waals surface area contributed by atoms with E-state index in [0.29, 0.717) is 5.56 Å². The van der Waals surface area contributed by atoms with E-state index in [1.807, 2.05) is 36.4 Å². The Morgan fingerprint density at radius 3 is 2.48 bits per heavy atom. The zero-order chi connectivity index (χ0) is 19.0. The largest absolute Gasteiger partial charge is 0.394 e. The van der Waals surface area contributed by atoms with Crippen LogP contribution in [-0.4, -0.2) is 51.4 Å². The normalized spacial score (nSPS) is 28.5. The molecule has 0 aliphatic carbocycles. The van der Waals surface area contributed by atoms with Crippen molar-refractivity contribution in [3.63, 3.8) is 0 Å². The topological polar surface area (TPSA) is 90.2 Å². The first kappa shape index (κ1) is 18.6. The van der Waals surface area contributed by atoms with E-state index in [0.717, 1.165) is 12.0 Å². The summed E-state index contributed by atoms with van der Waals surface area (Å²) in [5.74, 6) is 0. The Kier molecular flexibility index (Phi) is 5.27. The SMILES string of the molecule is OC[C@H]1O[C@@H](c2cccc(Cc3cc4ccccc4s3)c2)[C@H](O)[C@@H](O)[C@@H]1O. The van der Waals surface area contributed by atoms with Gasteiger partial charge in [0.15, 0.2) is 0 Å². The summed E-state index contributed by atoms with van der Waals surface area (Å²) in [7, 11) is 0. The van der Waals surface area contributed by atoms with Gasteiger partial charge in [0.1, 0.15) is 30.5 Å². The van der Waals surface area contributed by atoms with Crippen LogP contribution in [0.25, 0.3) is 10.1 Å². The smallest absolute Gasteiger partial charge is 0.113 e. The van der Waals surface area contributed by atoms with E-state index >= 15 is 0 Å². The van der Waals surface area contributed by atoms with Crippen molar-refractivity contribution in [2.24, 2.45) is 0 Å². The molecule has 0 saturated carbocycles. The fourth-order valence-corrected chi connectivity index (χ4v) is 4.68. The fraction of sp³-hybridized carbons (Fsp3) is 0.333. The van der Waals surface area contributed by atoms with E-state index in [1.165, 1.54) is 15.0 Å². The van der Waals surface area contributed by atoms with Crippen LogP contribution in [0.1, 0.15) is 22.1 Å². The van der Waals surface area contributed by atoms with Gasteiger partial charge in [0.05, 0.1) is 6.61 Å². The molecular formula is C21H22O5S. The first-order valence-corrected chi connectivity index (χ1v) is 9.75. The summed E-state index contributed by atoms with van der Waals surface area (Å²) in [6.07, 6.45) is -4.93. The number of ether oxygens (including phenoxy) is 1. The maximum Gasteiger partial charge on any atom is 0.113 e. The fourth-order valence-electron chi connectivity index (χ4n) is 3.58. The molecule has 1 aliphatic heterocycles. The minimum atomic E-state index is -1.37. The quantitative estimate of drug-likeness (QED) is 0.551. The molecule has 2 heterocycles. The second kappa shape index (κ2) is 7.67. The van der Waals surface area contributed by atoms with Crippen LogP contribution < -0.4 is 0 Å². The number of hydrogen-bond acceptors (Lipinski definition) is 6. The third-order valence-corrected chi connectivity index (χ3v) is 6.14. The molecule has 142 valence electrons. The number of fused-ring (bicyclic) bond motifs is 1. The summed E-state index contributed by atoms with van der Waals surface area (Å²) in [6, 6.07) is 18.1. The van der Waals surface area contributed by atoms with Gasteiger partial charge in [0.25, 0.3) is 0 Å². The Bertz CT molecular complexity index is 889. The van der Waals surface area contributed by atoms with Crippen LogP contribution in [0.3, 0.4) is 0 Å². The highest BCUT2D eigenvalue weighted by molar-refractivity contribution is 7.19. The molecule has 1 fully saturated rings. The Balaban J connectivity index is 1.58. The average molecular weight is 386 g/mol. The molecule has 0 radical (unpaired) electrons. The lowest BCUT2D eigenvalue weighted by atomic mass is 9.90. The number of rotatable bonds is 4. The first-order valence-electron chi connectivity index (χ1n) is 8.93. The van der Waals surface area contributed by atoms with Gasteiger partial charge < -0.3 is 25.2 Å². The summed E-state index contributed by atoms with van der Waals surface area (Å²) >= 11 is 1.75. The Morgan fingerprint density at radius 1 is 0.889 bits per heavy atom. The number of thiophene rings is 1. The van der Waals surface area contributed by atoms with Crippen LogP contribution >= 0.6 is 11.3 Å². The van der Waals surface area contributed by atoms with Crippen LogP contribution in [0.2, 0.25) is 0 Å². The van der Waals surface area contributed by atoms with E-state index in [4.69, 9.17) is 4.74 Å². The third kappa shape index (κ3) is 3.65. The first-order chi connectivity index (χ1) is 13.1. The van der Waals surface area contributed by atoms with Crippen LogP contribution in [0, 0.1) is 0 Å². The third-order valence-electron chi connectivity index (χ3n) is 5.03. The summed E-state index contributed by atoms with van der Waals surface area (Å²) in [4.78, 5) is 1.24. The number of aliphatic hydroxyl groups is 4. The van der Waals surface area contributed by atoms with Crippen molar-refractivity contribution >= 4 is 21.4 Å². The van der Waals surface area contributed by atoms with E-state index in [1.54, 1.807) is 11.3 Å². The maximum atomic E-state index is 10.3. The van der Waals surface area contributed by atoms with Crippen molar-refractivity contribution in [3.8, 4) is 0 Å². The monoisotopic (exact) mass is 386 g/mol. The van der Waals surface area contributed by atoms with Gasteiger partial charge in [-0.2, -0.15) is 0 Å². The van der Waals surface area contributed by atoms with Crippen molar-refractivity contribution in [3.05, 3.63) is 70.6 Å². The van der Waals surface area contributed by atoms with Gasteiger partial charge in [0.2, 0.25) is 0 Å². The van der Waals surface area contributed by atoms with Crippen LogP contribution in [0.4, 0.5) is 0 Å². The molecule has 4 rings (SSSR count). The molecular weight excluding hydrogens is 364 g/mol. The molecule has 1 saturated heterocycles. The molecule has 0 bridgehead atoms. The van der Waals surface area contributed by atoms with Crippen molar-refractivity contribution < 1.29 is 25.2 Å². The van der Waals surface area contributed by atoms with Crippen molar-refractivity contribution in [2.75, 3.05) is 6.61 Å². The predicted octanol–water partition coefficient (Wildman–Crippen LogP) is 2.01. The van der Waals surface area contributed by atoms with Gasteiger partial charge in [-0.15, -0.1) is 11.3 Å². The highest BCUT2D eigenvalue weighted by Gasteiger charge is 2.43. The van der Waals surface area contributed by atoms with Crippen LogP contribution in [0.5, 0.6) is 0 Å². The lowest BCUT2D eigenvalue weighted by Crippen LogP contribution is -2.55. The zero-order valence-electron chi connectivity index (χ0n) is 14.6. The molecule has 3 aromatic rings. The molecule has 5 atom stereocenters. The zero-order valence-corrected chi connectivity index (χ0v) is 15.4. The number of aliphatic hydroxyl groups excluding tert-OH is 4. The predicted molar refractivity (Wildman–Crippen MR) is 104 cm³/mol. The Labute approximate surface area is 161 Å². The van der Waals surface area contributed by atoms with Crippen LogP contribution in [-0.2, 0) is 11.2 Å². The highest BCUT2D eigenvalue weighted by atomic mass is 32.1. The molecule has 27 heavy (non-hydrogen) atoms. The van der Waals surface area contributed by atoms with Crippen molar-refractivity contribution in [1.82, 2.24) is 0 Å². The molecule has 0 unspecified atom stereocenters. The minimum absolute atomic E-state index is 0.428. The van der Waals surface area contributed by atoms with E-state index < -0.39 is 37.1 Å².